The molecule has 0 aliphatic carbocycles. The quantitative estimate of drug-likeness (QED) is 0.554. The molecular weight excluding hydrogens is 395 g/mol. The Labute approximate surface area is 173 Å². The maximum Gasteiger partial charge on any atom is 0.341 e. The fraction of sp³-hybridized carbons (Fsp3) is 0.174. The highest BCUT2D eigenvalue weighted by Crippen LogP contribution is 2.37. The van der Waals surface area contributed by atoms with Crippen LogP contribution < -0.4 is 0 Å². The van der Waals surface area contributed by atoms with E-state index in [0.29, 0.717) is 24.8 Å². The Morgan fingerprint density at radius 3 is 2.31 bits per heavy atom. The number of aryl methyl sites for hydroxylation is 1. The van der Waals surface area contributed by atoms with Gasteiger partial charge in [-0.25, -0.2) is 9.18 Å². The molecule has 0 amide bonds. The summed E-state index contributed by atoms with van der Waals surface area (Å²) in [6.07, 6.45) is 1.45. The summed E-state index contributed by atoms with van der Waals surface area (Å²) in [6.45, 7) is 0. The first-order valence-corrected chi connectivity index (χ1v) is 9.41. The fourth-order valence-corrected chi connectivity index (χ4v) is 3.55. The summed E-state index contributed by atoms with van der Waals surface area (Å²) in [5.74, 6) is -1.69. The summed E-state index contributed by atoms with van der Waals surface area (Å²) in [4.78, 5) is 12.1. The first-order valence-electron chi connectivity index (χ1n) is 9.03. The molecule has 0 heterocycles. The minimum absolute atomic E-state index is 0.0132. The number of carbonyl (C=O) groups excluding carboxylic acids is 1. The number of rotatable bonds is 6. The van der Waals surface area contributed by atoms with E-state index in [1.807, 2.05) is 24.3 Å². The Kier molecular flexibility index (Phi) is 6.39. The average molecular weight is 415 g/mol. The highest BCUT2D eigenvalue weighted by atomic mass is 35.5. The highest BCUT2D eigenvalue weighted by Gasteiger charge is 2.23. The van der Waals surface area contributed by atoms with Crippen LogP contribution in [0.5, 0.6) is 11.5 Å². The lowest BCUT2D eigenvalue weighted by molar-refractivity contribution is 0.0596. The number of hydrogen-bond donors (Lipinski definition) is 2. The lowest BCUT2D eigenvalue weighted by Gasteiger charge is -2.15. The molecule has 29 heavy (non-hydrogen) atoms. The average Bonchev–Trinajstić information content (AvgIpc) is 2.71. The van der Waals surface area contributed by atoms with Crippen molar-refractivity contribution in [3.63, 3.8) is 0 Å². The van der Waals surface area contributed by atoms with E-state index in [-0.39, 0.29) is 27.9 Å². The monoisotopic (exact) mass is 414 g/mol. The van der Waals surface area contributed by atoms with Crippen molar-refractivity contribution in [3.8, 4) is 11.5 Å². The van der Waals surface area contributed by atoms with Gasteiger partial charge in [-0.05, 0) is 53.6 Å². The molecule has 3 aromatic carbocycles. The maximum absolute atomic E-state index is 13.2. The maximum atomic E-state index is 13.2. The molecule has 150 valence electrons. The SMILES string of the molecule is COC(=O)c1c(O)cc(O)c(Cl)c1CCc1ccccc1Cc1ccc(F)cc1. The van der Waals surface area contributed by atoms with E-state index >= 15 is 0 Å². The Bertz CT molecular complexity index is 1030. The van der Waals surface area contributed by atoms with E-state index in [1.54, 1.807) is 12.1 Å². The molecule has 0 fully saturated rings. The van der Waals surface area contributed by atoms with Gasteiger partial charge in [0.1, 0.15) is 22.9 Å². The van der Waals surface area contributed by atoms with Crippen LogP contribution in [-0.2, 0) is 24.0 Å². The number of phenols is 2. The molecule has 3 rings (SSSR count). The number of hydrogen-bond acceptors (Lipinski definition) is 4. The van der Waals surface area contributed by atoms with E-state index in [4.69, 9.17) is 16.3 Å². The Balaban J connectivity index is 1.89. The molecule has 0 aromatic heterocycles. The lowest BCUT2D eigenvalue weighted by atomic mass is 9.93. The third kappa shape index (κ3) is 4.69. The van der Waals surface area contributed by atoms with Crippen molar-refractivity contribution in [3.05, 3.63) is 93.3 Å². The summed E-state index contributed by atoms with van der Waals surface area (Å²) in [6, 6.07) is 15.2. The molecule has 0 aliphatic heterocycles. The number of benzene rings is 3. The van der Waals surface area contributed by atoms with Gasteiger partial charge in [0.2, 0.25) is 0 Å². The summed E-state index contributed by atoms with van der Waals surface area (Å²) >= 11 is 6.22. The molecule has 4 nitrogen and oxygen atoms in total. The number of methoxy groups -OCH3 is 1. The van der Waals surface area contributed by atoms with Crippen molar-refractivity contribution >= 4 is 17.6 Å². The van der Waals surface area contributed by atoms with Crippen LogP contribution in [0.1, 0.15) is 32.6 Å². The van der Waals surface area contributed by atoms with Crippen molar-refractivity contribution in [2.45, 2.75) is 19.3 Å². The first kappa shape index (κ1) is 20.7. The van der Waals surface area contributed by atoms with Gasteiger partial charge in [-0.15, -0.1) is 0 Å². The topological polar surface area (TPSA) is 66.8 Å². The Morgan fingerprint density at radius 2 is 1.66 bits per heavy atom. The van der Waals surface area contributed by atoms with E-state index in [0.717, 1.165) is 22.8 Å². The molecule has 0 spiro atoms. The minimum atomic E-state index is -0.723. The summed E-state index contributed by atoms with van der Waals surface area (Å²) in [5.41, 5.74) is 3.33. The van der Waals surface area contributed by atoms with Crippen LogP contribution in [0.2, 0.25) is 5.02 Å². The van der Waals surface area contributed by atoms with E-state index in [1.165, 1.54) is 19.2 Å². The summed E-state index contributed by atoms with van der Waals surface area (Å²) in [7, 11) is 1.21. The first-order chi connectivity index (χ1) is 13.9. The second kappa shape index (κ2) is 8.97. The van der Waals surface area contributed by atoms with Crippen LogP contribution in [0.4, 0.5) is 4.39 Å². The predicted molar refractivity (Wildman–Crippen MR) is 109 cm³/mol. The molecular formula is C23H20ClFO4. The van der Waals surface area contributed by atoms with Gasteiger partial charge in [-0.3, -0.25) is 0 Å². The van der Waals surface area contributed by atoms with Crippen molar-refractivity contribution in [1.82, 2.24) is 0 Å². The Morgan fingerprint density at radius 1 is 1.00 bits per heavy atom. The van der Waals surface area contributed by atoms with Gasteiger partial charge in [-0.2, -0.15) is 0 Å². The van der Waals surface area contributed by atoms with Crippen LogP contribution in [0.3, 0.4) is 0 Å². The zero-order valence-electron chi connectivity index (χ0n) is 15.8. The lowest BCUT2D eigenvalue weighted by Crippen LogP contribution is -2.09. The normalized spacial score (nSPS) is 10.7. The smallest absolute Gasteiger partial charge is 0.341 e. The molecule has 0 atom stereocenters. The molecule has 0 unspecified atom stereocenters. The standard InChI is InChI=1S/C23H20ClFO4/c1-29-23(28)21-18(22(24)20(27)13-19(21)26)11-8-15-4-2-3-5-16(15)12-14-6-9-17(25)10-7-14/h2-7,9-10,13,26-27H,8,11-12H2,1H3. The van der Waals surface area contributed by atoms with Gasteiger partial charge in [0, 0.05) is 6.07 Å². The van der Waals surface area contributed by atoms with Crippen LogP contribution >= 0.6 is 11.6 Å². The van der Waals surface area contributed by atoms with Gasteiger partial charge in [0.15, 0.2) is 0 Å². The van der Waals surface area contributed by atoms with E-state index < -0.39 is 5.97 Å². The number of aromatic hydroxyl groups is 2. The minimum Gasteiger partial charge on any atom is -0.507 e. The molecule has 0 saturated carbocycles. The molecule has 0 aliphatic rings. The van der Waals surface area contributed by atoms with Gasteiger partial charge >= 0.3 is 5.97 Å². The predicted octanol–water partition coefficient (Wildman–Crippen LogP) is 5.05. The number of ether oxygens (including phenoxy) is 1. The van der Waals surface area contributed by atoms with Gasteiger partial charge in [0.05, 0.1) is 12.1 Å². The van der Waals surface area contributed by atoms with Gasteiger partial charge in [0.25, 0.3) is 0 Å². The summed E-state index contributed by atoms with van der Waals surface area (Å²) < 4.78 is 17.9. The second-order valence-corrected chi connectivity index (χ2v) is 7.02. The Hall–Kier alpha value is -3.05. The molecule has 0 bridgehead atoms. The van der Waals surface area contributed by atoms with Crippen molar-refractivity contribution < 1.29 is 24.1 Å². The molecule has 0 saturated heterocycles. The third-order valence-corrected chi connectivity index (χ3v) is 5.20. The van der Waals surface area contributed by atoms with Gasteiger partial charge < -0.3 is 14.9 Å². The molecule has 3 aromatic rings. The third-order valence-electron chi connectivity index (χ3n) is 4.78. The van der Waals surface area contributed by atoms with Crippen LogP contribution in [-0.4, -0.2) is 23.3 Å². The molecule has 0 radical (unpaired) electrons. The van der Waals surface area contributed by atoms with Gasteiger partial charge in [-0.1, -0.05) is 48.0 Å². The van der Waals surface area contributed by atoms with Crippen LogP contribution in [0.25, 0.3) is 0 Å². The number of phenolic OH excluding ortho intramolecular Hbond substituents is 2. The number of esters is 1. The zero-order valence-corrected chi connectivity index (χ0v) is 16.5. The highest BCUT2D eigenvalue weighted by molar-refractivity contribution is 6.33. The summed E-state index contributed by atoms with van der Waals surface area (Å²) in [5, 5.41) is 20.1. The van der Waals surface area contributed by atoms with E-state index in [2.05, 4.69) is 0 Å². The van der Waals surface area contributed by atoms with Crippen molar-refractivity contribution in [1.29, 1.82) is 0 Å². The van der Waals surface area contributed by atoms with E-state index in [9.17, 15) is 19.4 Å². The largest absolute Gasteiger partial charge is 0.507 e. The molecule has 2 N–H and O–H groups in total. The number of halogens is 2. The molecule has 6 heteroatoms. The van der Waals surface area contributed by atoms with Crippen molar-refractivity contribution in [2.24, 2.45) is 0 Å². The fourth-order valence-electron chi connectivity index (χ4n) is 3.30. The second-order valence-electron chi connectivity index (χ2n) is 6.65. The zero-order chi connectivity index (χ0) is 21.0. The van der Waals surface area contributed by atoms with Crippen LogP contribution in [0, 0.1) is 5.82 Å². The van der Waals surface area contributed by atoms with Crippen molar-refractivity contribution in [2.75, 3.05) is 7.11 Å². The number of carbonyl (C=O) groups is 1. The van der Waals surface area contributed by atoms with Crippen LogP contribution in [0.15, 0.2) is 54.6 Å².